The summed E-state index contributed by atoms with van der Waals surface area (Å²) in [6.07, 6.45) is 0.700. The molecule has 0 bridgehead atoms. The van der Waals surface area contributed by atoms with Gasteiger partial charge in [0.2, 0.25) is 0 Å². The van der Waals surface area contributed by atoms with Crippen LogP contribution in [0.2, 0.25) is 5.02 Å². The number of aryl methyl sites for hydroxylation is 1. The molecule has 0 aliphatic carbocycles. The first kappa shape index (κ1) is 10.0. The largest absolute Gasteiger partial charge is 0.296 e. The standard InChI is InChI=1S/C7H10ClN3O2/c1-3-4-5(8)6(10-9-4)7(12)11-13-2/h3H2,1-2H3,(H,9,10)(H,11,12). The molecule has 0 aromatic carbocycles. The summed E-state index contributed by atoms with van der Waals surface area (Å²) in [5.41, 5.74) is 3.03. The summed E-state index contributed by atoms with van der Waals surface area (Å²) in [6.45, 7) is 1.91. The van der Waals surface area contributed by atoms with Crippen molar-refractivity contribution in [3.8, 4) is 0 Å². The van der Waals surface area contributed by atoms with Crippen molar-refractivity contribution in [2.24, 2.45) is 0 Å². The molecule has 72 valence electrons. The molecule has 0 atom stereocenters. The van der Waals surface area contributed by atoms with E-state index in [0.29, 0.717) is 11.4 Å². The van der Waals surface area contributed by atoms with E-state index in [-0.39, 0.29) is 5.69 Å². The van der Waals surface area contributed by atoms with Gasteiger partial charge in [-0.15, -0.1) is 0 Å². The highest BCUT2D eigenvalue weighted by molar-refractivity contribution is 6.34. The molecule has 2 N–H and O–H groups in total. The number of aromatic amines is 1. The number of hydrogen-bond acceptors (Lipinski definition) is 3. The first-order chi connectivity index (χ1) is 6.20. The third-order valence-electron chi connectivity index (χ3n) is 1.54. The van der Waals surface area contributed by atoms with E-state index in [0.717, 1.165) is 5.69 Å². The van der Waals surface area contributed by atoms with Crippen molar-refractivity contribution in [1.82, 2.24) is 15.7 Å². The number of nitrogens with zero attached hydrogens (tertiary/aromatic N) is 1. The van der Waals surface area contributed by atoms with E-state index < -0.39 is 5.91 Å². The second-order valence-electron chi connectivity index (χ2n) is 2.35. The summed E-state index contributed by atoms with van der Waals surface area (Å²) in [6, 6.07) is 0. The summed E-state index contributed by atoms with van der Waals surface area (Å²) in [4.78, 5) is 15.6. The molecule has 1 rings (SSSR count). The van der Waals surface area contributed by atoms with Gasteiger partial charge in [-0.25, -0.2) is 5.48 Å². The number of rotatable bonds is 3. The fraction of sp³-hybridized carbons (Fsp3) is 0.429. The minimum absolute atomic E-state index is 0.153. The molecule has 0 saturated heterocycles. The quantitative estimate of drug-likeness (QED) is 0.718. The van der Waals surface area contributed by atoms with Gasteiger partial charge >= 0.3 is 0 Å². The highest BCUT2D eigenvalue weighted by Gasteiger charge is 2.16. The van der Waals surface area contributed by atoms with Gasteiger partial charge in [0.1, 0.15) is 0 Å². The van der Waals surface area contributed by atoms with Crippen LogP contribution >= 0.6 is 11.6 Å². The molecule has 0 radical (unpaired) electrons. The van der Waals surface area contributed by atoms with E-state index in [2.05, 4.69) is 20.5 Å². The predicted octanol–water partition coefficient (Wildman–Crippen LogP) is 0.917. The number of nitrogens with one attached hydrogen (secondary N) is 2. The Kier molecular flexibility index (Phi) is 3.27. The second-order valence-corrected chi connectivity index (χ2v) is 2.73. The van der Waals surface area contributed by atoms with Gasteiger partial charge in [0, 0.05) is 0 Å². The Morgan fingerprint density at radius 2 is 2.46 bits per heavy atom. The van der Waals surface area contributed by atoms with Crippen LogP contribution in [-0.2, 0) is 11.3 Å². The normalized spacial score (nSPS) is 10.1. The number of aromatic nitrogens is 2. The number of amides is 1. The fourth-order valence-corrected chi connectivity index (χ4v) is 1.19. The van der Waals surface area contributed by atoms with Gasteiger partial charge in [-0.3, -0.25) is 14.7 Å². The maximum Gasteiger partial charge on any atom is 0.296 e. The van der Waals surface area contributed by atoms with Gasteiger partial charge < -0.3 is 0 Å². The van der Waals surface area contributed by atoms with Crippen LogP contribution in [0.15, 0.2) is 0 Å². The van der Waals surface area contributed by atoms with Crippen LogP contribution in [-0.4, -0.2) is 23.2 Å². The number of hydroxylamine groups is 1. The minimum atomic E-state index is -0.455. The summed E-state index contributed by atoms with van der Waals surface area (Å²) in [7, 11) is 1.35. The SMILES string of the molecule is CCc1[nH]nc(C(=O)NOC)c1Cl. The van der Waals surface area contributed by atoms with Crippen LogP contribution in [0.25, 0.3) is 0 Å². The highest BCUT2D eigenvalue weighted by atomic mass is 35.5. The van der Waals surface area contributed by atoms with Gasteiger partial charge in [0.05, 0.1) is 17.8 Å². The van der Waals surface area contributed by atoms with E-state index >= 15 is 0 Å². The molecule has 1 aromatic rings. The number of halogens is 1. The average Bonchev–Trinajstić information content (AvgIpc) is 2.47. The van der Waals surface area contributed by atoms with Crippen LogP contribution < -0.4 is 5.48 Å². The highest BCUT2D eigenvalue weighted by Crippen LogP contribution is 2.18. The smallest absolute Gasteiger partial charge is 0.280 e. The third-order valence-corrected chi connectivity index (χ3v) is 1.95. The van der Waals surface area contributed by atoms with Gasteiger partial charge in [-0.2, -0.15) is 5.10 Å². The molecule has 1 aromatic heterocycles. The lowest BCUT2D eigenvalue weighted by Crippen LogP contribution is -2.22. The van der Waals surface area contributed by atoms with Crippen LogP contribution in [0.5, 0.6) is 0 Å². The second kappa shape index (κ2) is 4.25. The van der Waals surface area contributed by atoms with Gasteiger partial charge in [0.25, 0.3) is 5.91 Å². The number of hydrogen-bond donors (Lipinski definition) is 2. The van der Waals surface area contributed by atoms with Crippen molar-refractivity contribution in [3.63, 3.8) is 0 Å². The lowest BCUT2D eigenvalue weighted by atomic mass is 10.3. The number of carbonyl (C=O) groups excluding carboxylic acids is 1. The molecule has 0 spiro atoms. The fourth-order valence-electron chi connectivity index (χ4n) is 0.890. The topological polar surface area (TPSA) is 67.0 Å². The van der Waals surface area contributed by atoms with Crippen molar-refractivity contribution in [3.05, 3.63) is 16.4 Å². The summed E-state index contributed by atoms with van der Waals surface area (Å²) in [5, 5.41) is 6.77. The van der Waals surface area contributed by atoms with Crippen LogP contribution in [0, 0.1) is 0 Å². The lowest BCUT2D eigenvalue weighted by Gasteiger charge is -1.97. The summed E-state index contributed by atoms with van der Waals surface area (Å²) in [5.74, 6) is -0.455. The van der Waals surface area contributed by atoms with Crippen LogP contribution in [0.3, 0.4) is 0 Å². The van der Waals surface area contributed by atoms with Crippen molar-refractivity contribution in [2.75, 3.05) is 7.11 Å². The van der Waals surface area contributed by atoms with Gasteiger partial charge in [-0.1, -0.05) is 18.5 Å². The van der Waals surface area contributed by atoms with E-state index in [9.17, 15) is 4.79 Å². The minimum Gasteiger partial charge on any atom is -0.280 e. The molecule has 13 heavy (non-hydrogen) atoms. The molecule has 5 nitrogen and oxygen atoms in total. The van der Waals surface area contributed by atoms with Crippen molar-refractivity contribution in [2.45, 2.75) is 13.3 Å². The van der Waals surface area contributed by atoms with Crippen molar-refractivity contribution < 1.29 is 9.63 Å². The summed E-state index contributed by atoms with van der Waals surface area (Å²) >= 11 is 5.84. The molecule has 0 aliphatic heterocycles. The Labute approximate surface area is 80.4 Å². The van der Waals surface area contributed by atoms with Gasteiger partial charge in [0.15, 0.2) is 5.69 Å². The molecular formula is C7H10ClN3O2. The Balaban J connectivity index is 2.89. The molecule has 0 fully saturated rings. The van der Waals surface area contributed by atoms with Crippen LogP contribution in [0.4, 0.5) is 0 Å². The van der Waals surface area contributed by atoms with E-state index in [1.165, 1.54) is 7.11 Å². The first-order valence-electron chi connectivity index (χ1n) is 3.76. The van der Waals surface area contributed by atoms with E-state index in [1.807, 2.05) is 6.92 Å². The molecule has 6 heteroatoms. The Hall–Kier alpha value is -1.07. The lowest BCUT2D eigenvalue weighted by molar-refractivity contribution is 0.0532. The molecule has 0 saturated carbocycles. The van der Waals surface area contributed by atoms with E-state index in [4.69, 9.17) is 11.6 Å². The van der Waals surface area contributed by atoms with Crippen molar-refractivity contribution >= 4 is 17.5 Å². The molecule has 0 aliphatic rings. The zero-order valence-corrected chi connectivity index (χ0v) is 8.10. The van der Waals surface area contributed by atoms with Crippen LogP contribution in [0.1, 0.15) is 23.1 Å². The maximum atomic E-state index is 11.2. The zero-order valence-electron chi connectivity index (χ0n) is 7.35. The molecule has 1 amide bonds. The Morgan fingerprint density at radius 1 is 1.77 bits per heavy atom. The number of carbonyl (C=O) groups is 1. The molecule has 1 heterocycles. The number of H-pyrrole nitrogens is 1. The summed E-state index contributed by atoms with van der Waals surface area (Å²) < 4.78 is 0. The third kappa shape index (κ3) is 1.99. The molecular weight excluding hydrogens is 194 g/mol. The first-order valence-corrected chi connectivity index (χ1v) is 4.14. The van der Waals surface area contributed by atoms with Crippen molar-refractivity contribution in [1.29, 1.82) is 0 Å². The maximum absolute atomic E-state index is 11.2. The zero-order chi connectivity index (χ0) is 9.84. The predicted molar refractivity (Wildman–Crippen MR) is 47.5 cm³/mol. The van der Waals surface area contributed by atoms with Gasteiger partial charge in [-0.05, 0) is 6.42 Å². The van der Waals surface area contributed by atoms with E-state index in [1.54, 1.807) is 0 Å². The Morgan fingerprint density at radius 3 is 2.92 bits per heavy atom. The monoisotopic (exact) mass is 203 g/mol. The Bertz CT molecular complexity index is 311. The molecule has 0 unspecified atom stereocenters. The average molecular weight is 204 g/mol.